The van der Waals surface area contributed by atoms with Crippen molar-refractivity contribution in [3.8, 4) is 0 Å². The molecule has 0 amide bonds. The fraction of sp³-hybridized carbons (Fsp3) is 0.500. The lowest BCUT2D eigenvalue weighted by Crippen LogP contribution is -2.32. The molecule has 1 fully saturated rings. The Labute approximate surface area is 90.5 Å². The van der Waals surface area contributed by atoms with Gasteiger partial charge in [-0.2, -0.15) is 0 Å². The van der Waals surface area contributed by atoms with Crippen LogP contribution >= 0.6 is 11.6 Å². The lowest BCUT2D eigenvalue weighted by Gasteiger charge is -2.30. The molecule has 0 bridgehead atoms. The highest BCUT2D eigenvalue weighted by atomic mass is 35.5. The van der Waals surface area contributed by atoms with Gasteiger partial charge in [-0.1, -0.05) is 30.7 Å². The van der Waals surface area contributed by atoms with Gasteiger partial charge in [0.25, 0.3) is 0 Å². The van der Waals surface area contributed by atoms with Crippen molar-refractivity contribution in [2.45, 2.75) is 25.8 Å². The molecule has 1 aliphatic heterocycles. The summed E-state index contributed by atoms with van der Waals surface area (Å²) >= 11 is 5.87. The van der Waals surface area contributed by atoms with Crippen LogP contribution in [0.4, 0.5) is 0 Å². The van der Waals surface area contributed by atoms with E-state index in [-0.39, 0.29) is 0 Å². The number of hydrogen-bond acceptors (Lipinski definition) is 1. The highest BCUT2D eigenvalue weighted by molar-refractivity contribution is 6.30. The Morgan fingerprint density at radius 2 is 2.00 bits per heavy atom. The molecule has 0 radical (unpaired) electrons. The van der Waals surface area contributed by atoms with Crippen molar-refractivity contribution in [2.24, 2.45) is 5.92 Å². The molecule has 1 aromatic carbocycles. The van der Waals surface area contributed by atoms with E-state index in [9.17, 15) is 0 Å². The van der Waals surface area contributed by atoms with Crippen LogP contribution in [0.2, 0.25) is 5.02 Å². The first kappa shape index (κ1) is 10.0. The predicted octanol–water partition coefficient (Wildman–Crippen LogP) is 3.40. The first-order valence-corrected chi connectivity index (χ1v) is 5.64. The molecule has 1 aliphatic rings. The number of rotatable bonds is 1. The minimum Gasteiger partial charge on any atom is -0.310 e. The van der Waals surface area contributed by atoms with Crippen LogP contribution in [0.25, 0.3) is 0 Å². The molecular formula is C12H16ClN. The maximum atomic E-state index is 5.87. The van der Waals surface area contributed by atoms with Crippen LogP contribution in [0.3, 0.4) is 0 Å². The third-order valence-corrected chi connectivity index (χ3v) is 3.25. The van der Waals surface area contributed by atoms with Crippen LogP contribution in [0, 0.1) is 5.92 Å². The first-order valence-electron chi connectivity index (χ1n) is 5.26. The van der Waals surface area contributed by atoms with E-state index in [1.165, 1.54) is 18.4 Å². The van der Waals surface area contributed by atoms with Crippen LogP contribution in [0.1, 0.15) is 31.4 Å². The number of hydrogen-bond donors (Lipinski definition) is 1. The van der Waals surface area contributed by atoms with Crippen LogP contribution < -0.4 is 5.32 Å². The van der Waals surface area contributed by atoms with Crippen molar-refractivity contribution in [3.63, 3.8) is 0 Å². The summed E-state index contributed by atoms with van der Waals surface area (Å²) in [5, 5.41) is 4.38. The number of benzene rings is 1. The van der Waals surface area contributed by atoms with Gasteiger partial charge < -0.3 is 5.32 Å². The maximum Gasteiger partial charge on any atom is 0.0406 e. The summed E-state index contributed by atoms with van der Waals surface area (Å²) in [5.41, 5.74) is 1.36. The predicted molar refractivity (Wildman–Crippen MR) is 60.6 cm³/mol. The van der Waals surface area contributed by atoms with Crippen LogP contribution in [-0.2, 0) is 0 Å². The molecule has 2 atom stereocenters. The first-order chi connectivity index (χ1) is 6.77. The third kappa shape index (κ3) is 2.10. The van der Waals surface area contributed by atoms with Gasteiger partial charge in [-0.15, -0.1) is 0 Å². The normalized spacial score (nSPS) is 27.6. The van der Waals surface area contributed by atoms with E-state index >= 15 is 0 Å². The fourth-order valence-electron chi connectivity index (χ4n) is 2.17. The molecule has 2 rings (SSSR count). The lowest BCUT2D eigenvalue weighted by atomic mass is 9.88. The third-order valence-electron chi connectivity index (χ3n) is 3.00. The molecule has 0 unspecified atom stereocenters. The largest absolute Gasteiger partial charge is 0.310 e. The standard InChI is InChI=1S/C12H16ClN/c1-9-3-2-8-14-12(9)10-4-6-11(13)7-5-10/h4-7,9,12,14H,2-3,8H2,1H3/t9-,12-/m0/s1. The Balaban J connectivity index is 2.16. The van der Waals surface area contributed by atoms with Crippen molar-refractivity contribution in [1.82, 2.24) is 5.32 Å². The second-order valence-electron chi connectivity index (χ2n) is 4.10. The van der Waals surface area contributed by atoms with E-state index in [0.717, 1.165) is 17.5 Å². The molecular weight excluding hydrogens is 194 g/mol. The van der Waals surface area contributed by atoms with Crippen molar-refractivity contribution >= 4 is 11.6 Å². The van der Waals surface area contributed by atoms with E-state index in [2.05, 4.69) is 24.4 Å². The maximum absolute atomic E-state index is 5.87. The SMILES string of the molecule is C[C@H]1CCCN[C@@H]1c1ccc(Cl)cc1. The Hall–Kier alpha value is -0.530. The molecule has 1 N–H and O–H groups in total. The summed E-state index contributed by atoms with van der Waals surface area (Å²) in [6.45, 7) is 3.45. The summed E-state index contributed by atoms with van der Waals surface area (Å²) in [5.74, 6) is 0.727. The molecule has 0 saturated carbocycles. The van der Waals surface area contributed by atoms with Gasteiger partial charge in [-0.05, 0) is 43.0 Å². The van der Waals surface area contributed by atoms with Gasteiger partial charge >= 0.3 is 0 Å². The monoisotopic (exact) mass is 209 g/mol. The number of nitrogens with one attached hydrogen (secondary N) is 1. The summed E-state index contributed by atoms with van der Waals surface area (Å²) in [6, 6.07) is 8.71. The molecule has 1 heterocycles. The van der Waals surface area contributed by atoms with Gasteiger partial charge in [0, 0.05) is 11.1 Å². The highest BCUT2D eigenvalue weighted by Gasteiger charge is 2.21. The van der Waals surface area contributed by atoms with Crippen molar-refractivity contribution in [2.75, 3.05) is 6.54 Å². The quantitative estimate of drug-likeness (QED) is 0.748. The van der Waals surface area contributed by atoms with E-state index in [0.29, 0.717) is 6.04 Å². The zero-order valence-electron chi connectivity index (χ0n) is 8.46. The molecule has 2 heteroatoms. The summed E-state index contributed by atoms with van der Waals surface area (Å²) in [6.07, 6.45) is 2.62. The van der Waals surface area contributed by atoms with Gasteiger partial charge in [0.15, 0.2) is 0 Å². The zero-order chi connectivity index (χ0) is 9.97. The van der Waals surface area contributed by atoms with E-state index in [1.807, 2.05) is 12.1 Å². The minimum absolute atomic E-state index is 0.515. The molecule has 0 spiro atoms. The minimum atomic E-state index is 0.515. The van der Waals surface area contributed by atoms with Gasteiger partial charge in [0.2, 0.25) is 0 Å². The van der Waals surface area contributed by atoms with E-state index < -0.39 is 0 Å². The van der Waals surface area contributed by atoms with Gasteiger partial charge in [0.1, 0.15) is 0 Å². The van der Waals surface area contributed by atoms with Gasteiger partial charge in [-0.3, -0.25) is 0 Å². The average molecular weight is 210 g/mol. The van der Waals surface area contributed by atoms with E-state index in [1.54, 1.807) is 0 Å². The van der Waals surface area contributed by atoms with Crippen molar-refractivity contribution < 1.29 is 0 Å². The molecule has 1 nitrogen and oxygen atoms in total. The summed E-state index contributed by atoms with van der Waals surface area (Å²) in [7, 11) is 0. The number of halogens is 1. The van der Waals surface area contributed by atoms with Crippen LogP contribution in [0.5, 0.6) is 0 Å². The summed E-state index contributed by atoms with van der Waals surface area (Å²) < 4.78 is 0. The summed E-state index contributed by atoms with van der Waals surface area (Å²) in [4.78, 5) is 0. The van der Waals surface area contributed by atoms with Gasteiger partial charge in [-0.25, -0.2) is 0 Å². The van der Waals surface area contributed by atoms with Crippen molar-refractivity contribution in [1.29, 1.82) is 0 Å². The Kier molecular flexibility index (Phi) is 3.09. The Morgan fingerprint density at radius 1 is 1.29 bits per heavy atom. The average Bonchev–Trinajstić information content (AvgIpc) is 2.20. The van der Waals surface area contributed by atoms with Crippen LogP contribution in [-0.4, -0.2) is 6.54 Å². The smallest absolute Gasteiger partial charge is 0.0406 e. The molecule has 0 aliphatic carbocycles. The second kappa shape index (κ2) is 4.33. The molecule has 1 saturated heterocycles. The topological polar surface area (TPSA) is 12.0 Å². The number of piperidine rings is 1. The van der Waals surface area contributed by atoms with E-state index in [4.69, 9.17) is 11.6 Å². The molecule has 1 aromatic rings. The lowest BCUT2D eigenvalue weighted by molar-refractivity contribution is 0.306. The Bertz CT molecular complexity index is 294. The van der Waals surface area contributed by atoms with Crippen LogP contribution in [0.15, 0.2) is 24.3 Å². The molecule has 0 aromatic heterocycles. The molecule has 14 heavy (non-hydrogen) atoms. The molecule has 76 valence electrons. The highest BCUT2D eigenvalue weighted by Crippen LogP contribution is 2.29. The second-order valence-corrected chi connectivity index (χ2v) is 4.54. The zero-order valence-corrected chi connectivity index (χ0v) is 9.22. The van der Waals surface area contributed by atoms with Crippen molar-refractivity contribution in [3.05, 3.63) is 34.9 Å². The fourth-order valence-corrected chi connectivity index (χ4v) is 2.29. The Morgan fingerprint density at radius 3 is 2.64 bits per heavy atom. The van der Waals surface area contributed by atoms with Gasteiger partial charge in [0.05, 0.1) is 0 Å².